The normalized spacial score (nSPS) is 9.88. The number of nitrogens with zero attached hydrogens (tertiary/aromatic N) is 1. The van der Waals surface area contributed by atoms with Crippen LogP contribution in [0.3, 0.4) is 0 Å². The van der Waals surface area contributed by atoms with Crippen LogP contribution in [0.4, 0.5) is 5.69 Å². The second-order valence-electron chi connectivity index (χ2n) is 3.42. The molecule has 0 saturated carbocycles. The van der Waals surface area contributed by atoms with E-state index in [1.54, 1.807) is 12.1 Å². The molecule has 2 nitrogen and oxygen atoms in total. The van der Waals surface area contributed by atoms with E-state index in [9.17, 15) is 0 Å². The van der Waals surface area contributed by atoms with Crippen LogP contribution in [0.1, 0.15) is 5.56 Å². The summed E-state index contributed by atoms with van der Waals surface area (Å²) in [6.07, 6.45) is 0. The molecule has 2 aromatic rings. The molecular weight excluding hydrogens is 252 g/mol. The molecule has 0 amide bonds. The minimum atomic E-state index is 0.568. The monoisotopic (exact) mass is 260 g/mol. The van der Waals surface area contributed by atoms with Gasteiger partial charge in [0, 0.05) is 20.5 Å². The van der Waals surface area contributed by atoms with Gasteiger partial charge in [0.1, 0.15) is 0 Å². The molecule has 0 heterocycles. The van der Waals surface area contributed by atoms with Crippen LogP contribution in [0.5, 0.6) is 0 Å². The van der Waals surface area contributed by atoms with Crippen molar-refractivity contribution < 1.29 is 0 Å². The Kier molecular flexibility index (Phi) is 3.58. The van der Waals surface area contributed by atoms with Crippen molar-refractivity contribution in [2.75, 3.05) is 5.73 Å². The Labute approximate surface area is 109 Å². The van der Waals surface area contributed by atoms with E-state index in [0.717, 1.165) is 9.79 Å². The Morgan fingerprint density at radius 2 is 2.00 bits per heavy atom. The van der Waals surface area contributed by atoms with Crippen LogP contribution in [0.2, 0.25) is 5.02 Å². The topological polar surface area (TPSA) is 49.8 Å². The second kappa shape index (κ2) is 5.13. The summed E-state index contributed by atoms with van der Waals surface area (Å²) in [7, 11) is 0. The average molecular weight is 261 g/mol. The van der Waals surface area contributed by atoms with Crippen LogP contribution in [-0.2, 0) is 0 Å². The SMILES string of the molecule is N#Cc1ccc(Sc2cccc(Cl)c2)c(N)c1. The number of rotatable bonds is 2. The summed E-state index contributed by atoms with van der Waals surface area (Å²) in [6.45, 7) is 0. The van der Waals surface area contributed by atoms with Crippen LogP contribution in [-0.4, -0.2) is 0 Å². The molecule has 0 bridgehead atoms. The number of nitriles is 1. The van der Waals surface area contributed by atoms with E-state index in [0.29, 0.717) is 16.3 Å². The highest BCUT2D eigenvalue weighted by atomic mass is 35.5. The van der Waals surface area contributed by atoms with E-state index >= 15 is 0 Å². The summed E-state index contributed by atoms with van der Waals surface area (Å²) in [6, 6.07) is 14.9. The maximum atomic E-state index is 8.75. The Hall–Kier alpha value is -1.63. The standard InChI is InChI=1S/C13H9ClN2S/c14-10-2-1-3-11(7-10)17-13-5-4-9(8-15)6-12(13)16/h1-7H,16H2. The maximum absolute atomic E-state index is 8.75. The highest BCUT2D eigenvalue weighted by Crippen LogP contribution is 2.33. The molecule has 0 spiro atoms. The van der Waals surface area contributed by atoms with Gasteiger partial charge in [-0.1, -0.05) is 29.4 Å². The lowest BCUT2D eigenvalue weighted by Gasteiger charge is -2.05. The first-order valence-electron chi connectivity index (χ1n) is 4.92. The molecule has 2 aromatic carbocycles. The molecule has 17 heavy (non-hydrogen) atoms. The summed E-state index contributed by atoms with van der Waals surface area (Å²) in [4.78, 5) is 1.94. The lowest BCUT2D eigenvalue weighted by atomic mass is 10.2. The number of hydrogen-bond donors (Lipinski definition) is 1. The molecule has 84 valence electrons. The largest absolute Gasteiger partial charge is 0.398 e. The summed E-state index contributed by atoms with van der Waals surface area (Å²) in [5.74, 6) is 0. The third kappa shape index (κ3) is 2.94. The predicted octanol–water partition coefficient (Wildman–Crippen LogP) is 3.95. The van der Waals surface area contributed by atoms with Crippen LogP contribution >= 0.6 is 23.4 Å². The van der Waals surface area contributed by atoms with Crippen molar-refractivity contribution in [3.8, 4) is 6.07 Å². The van der Waals surface area contributed by atoms with Crippen molar-refractivity contribution in [2.24, 2.45) is 0 Å². The van der Waals surface area contributed by atoms with Gasteiger partial charge in [0.2, 0.25) is 0 Å². The minimum absolute atomic E-state index is 0.568. The molecule has 0 aliphatic carbocycles. The quantitative estimate of drug-likeness (QED) is 0.832. The molecule has 0 aliphatic heterocycles. The van der Waals surface area contributed by atoms with Crippen LogP contribution in [0.25, 0.3) is 0 Å². The van der Waals surface area contributed by atoms with Gasteiger partial charge in [-0.2, -0.15) is 5.26 Å². The van der Waals surface area contributed by atoms with Crippen molar-refractivity contribution in [1.29, 1.82) is 5.26 Å². The number of anilines is 1. The molecule has 0 unspecified atom stereocenters. The number of hydrogen-bond acceptors (Lipinski definition) is 3. The first-order chi connectivity index (χ1) is 8.19. The Morgan fingerprint density at radius 1 is 1.18 bits per heavy atom. The van der Waals surface area contributed by atoms with Gasteiger partial charge < -0.3 is 5.73 Å². The summed E-state index contributed by atoms with van der Waals surface area (Å²) >= 11 is 7.44. The third-order valence-corrected chi connectivity index (χ3v) is 3.48. The number of benzene rings is 2. The maximum Gasteiger partial charge on any atom is 0.0992 e. The number of halogens is 1. The van der Waals surface area contributed by atoms with Crippen molar-refractivity contribution >= 4 is 29.1 Å². The summed E-state index contributed by atoms with van der Waals surface area (Å²) in [5.41, 5.74) is 7.05. The fourth-order valence-corrected chi connectivity index (χ4v) is 2.52. The lowest BCUT2D eigenvalue weighted by molar-refractivity contribution is 1.39. The third-order valence-electron chi connectivity index (χ3n) is 2.16. The predicted molar refractivity (Wildman–Crippen MR) is 71.1 cm³/mol. The van der Waals surface area contributed by atoms with Gasteiger partial charge in [0.15, 0.2) is 0 Å². The molecule has 4 heteroatoms. The van der Waals surface area contributed by atoms with E-state index in [1.165, 1.54) is 11.8 Å². The van der Waals surface area contributed by atoms with Crippen LogP contribution < -0.4 is 5.73 Å². The van der Waals surface area contributed by atoms with Gasteiger partial charge in [-0.3, -0.25) is 0 Å². The van der Waals surface area contributed by atoms with Crippen molar-refractivity contribution in [3.05, 3.63) is 53.1 Å². The number of nitrogen functional groups attached to an aromatic ring is 1. The molecular formula is C13H9ClN2S. The van der Waals surface area contributed by atoms with Crippen LogP contribution in [0, 0.1) is 11.3 Å². The van der Waals surface area contributed by atoms with Gasteiger partial charge in [-0.05, 0) is 36.4 Å². The van der Waals surface area contributed by atoms with E-state index < -0.39 is 0 Å². The fourth-order valence-electron chi connectivity index (χ4n) is 1.37. The van der Waals surface area contributed by atoms with Crippen molar-refractivity contribution in [2.45, 2.75) is 9.79 Å². The van der Waals surface area contributed by atoms with E-state index in [4.69, 9.17) is 22.6 Å². The molecule has 0 fully saturated rings. The highest BCUT2D eigenvalue weighted by molar-refractivity contribution is 7.99. The highest BCUT2D eigenvalue weighted by Gasteiger charge is 2.03. The molecule has 0 saturated heterocycles. The minimum Gasteiger partial charge on any atom is -0.398 e. The molecule has 0 radical (unpaired) electrons. The van der Waals surface area contributed by atoms with Crippen molar-refractivity contribution in [3.63, 3.8) is 0 Å². The zero-order valence-corrected chi connectivity index (χ0v) is 10.4. The van der Waals surface area contributed by atoms with Crippen LogP contribution in [0.15, 0.2) is 52.3 Å². The Bertz CT molecular complexity index is 590. The molecule has 2 N–H and O–H groups in total. The summed E-state index contributed by atoms with van der Waals surface area (Å²) < 4.78 is 0. The fraction of sp³-hybridized carbons (Fsp3) is 0. The van der Waals surface area contributed by atoms with Crippen molar-refractivity contribution in [1.82, 2.24) is 0 Å². The average Bonchev–Trinajstić information content (AvgIpc) is 2.32. The smallest absolute Gasteiger partial charge is 0.0992 e. The zero-order valence-electron chi connectivity index (χ0n) is 8.85. The van der Waals surface area contributed by atoms with E-state index in [2.05, 4.69) is 6.07 Å². The van der Waals surface area contributed by atoms with Gasteiger partial charge in [-0.15, -0.1) is 0 Å². The van der Waals surface area contributed by atoms with E-state index in [1.807, 2.05) is 30.3 Å². The molecule has 0 atom stereocenters. The molecule has 2 rings (SSSR count). The van der Waals surface area contributed by atoms with Gasteiger partial charge >= 0.3 is 0 Å². The molecule has 0 aliphatic rings. The van der Waals surface area contributed by atoms with Gasteiger partial charge in [0.05, 0.1) is 11.6 Å². The molecule has 0 aromatic heterocycles. The first-order valence-corrected chi connectivity index (χ1v) is 6.11. The lowest BCUT2D eigenvalue weighted by Crippen LogP contribution is -1.89. The van der Waals surface area contributed by atoms with Gasteiger partial charge in [0.25, 0.3) is 0 Å². The first kappa shape index (κ1) is 11.8. The van der Waals surface area contributed by atoms with E-state index in [-0.39, 0.29) is 0 Å². The Morgan fingerprint density at radius 3 is 2.65 bits per heavy atom. The summed E-state index contributed by atoms with van der Waals surface area (Å²) in [5, 5.41) is 9.45. The second-order valence-corrected chi connectivity index (χ2v) is 4.98. The van der Waals surface area contributed by atoms with Gasteiger partial charge in [-0.25, -0.2) is 0 Å². The zero-order chi connectivity index (χ0) is 12.3. The number of nitrogens with two attached hydrogens (primary N) is 1. The Balaban J connectivity index is 2.28.